The van der Waals surface area contributed by atoms with Crippen LogP contribution in [0.4, 0.5) is 0 Å². The number of rotatable bonds is 7. The maximum absolute atomic E-state index is 9.88. The van der Waals surface area contributed by atoms with E-state index in [2.05, 4.69) is 50.8 Å². The normalized spacial score (nSPS) is 12.3. The van der Waals surface area contributed by atoms with Crippen molar-refractivity contribution in [3.63, 3.8) is 0 Å². The lowest BCUT2D eigenvalue weighted by Gasteiger charge is -2.17. The summed E-state index contributed by atoms with van der Waals surface area (Å²) in [5, 5.41) is 13.2. The number of benzene rings is 1. The Kier molecular flexibility index (Phi) is 6.98. The van der Waals surface area contributed by atoms with Crippen LogP contribution in [0.25, 0.3) is 11.3 Å². The van der Waals surface area contributed by atoms with Crippen molar-refractivity contribution in [2.75, 3.05) is 6.54 Å². The Hall–Kier alpha value is -2.55. The minimum atomic E-state index is -0.0487. The lowest BCUT2D eigenvalue weighted by atomic mass is 9.93. The van der Waals surface area contributed by atoms with E-state index in [1.165, 1.54) is 0 Å². The first-order valence-corrected chi connectivity index (χ1v) is 8.36. The van der Waals surface area contributed by atoms with Crippen LogP contribution in [0, 0.1) is 5.41 Å². The lowest BCUT2D eigenvalue weighted by molar-refractivity contribution is 0.475. The van der Waals surface area contributed by atoms with E-state index in [9.17, 15) is 5.11 Å². The van der Waals surface area contributed by atoms with Gasteiger partial charge in [0, 0.05) is 35.1 Å². The Morgan fingerprint density at radius 1 is 1.16 bits per heavy atom. The molecule has 0 aliphatic rings. The van der Waals surface area contributed by atoms with E-state index >= 15 is 0 Å². The van der Waals surface area contributed by atoms with E-state index < -0.39 is 0 Å². The van der Waals surface area contributed by atoms with Crippen LogP contribution >= 0.6 is 0 Å². The van der Waals surface area contributed by atoms with Gasteiger partial charge in [0.1, 0.15) is 5.75 Å². The molecule has 3 nitrogen and oxygen atoms in total. The van der Waals surface area contributed by atoms with Crippen molar-refractivity contribution in [2.45, 2.75) is 34.6 Å². The second kappa shape index (κ2) is 8.52. The predicted molar refractivity (Wildman–Crippen MR) is 111 cm³/mol. The van der Waals surface area contributed by atoms with Gasteiger partial charge >= 0.3 is 0 Å². The van der Waals surface area contributed by atoms with Crippen molar-refractivity contribution >= 4 is 17.5 Å². The quantitative estimate of drug-likeness (QED) is 0.639. The number of hydrogen-bond donors (Lipinski definition) is 2. The third-order valence-corrected chi connectivity index (χ3v) is 3.89. The molecule has 1 rings (SSSR count). The summed E-state index contributed by atoms with van der Waals surface area (Å²) < 4.78 is 0. The maximum atomic E-state index is 9.88. The number of hydrogen-bond acceptors (Lipinski definition) is 3. The summed E-state index contributed by atoms with van der Waals surface area (Å²) in [7, 11) is 0. The molecule has 2 N–H and O–H groups in total. The Morgan fingerprint density at radius 3 is 2.28 bits per heavy atom. The highest BCUT2D eigenvalue weighted by atomic mass is 16.3. The van der Waals surface area contributed by atoms with Crippen LogP contribution in [-0.2, 0) is 0 Å². The van der Waals surface area contributed by atoms with Crippen molar-refractivity contribution in [2.24, 2.45) is 10.4 Å². The number of allylic oxidation sites excluding steroid dienone is 3. The molecule has 0 aromatic heterocycles. The summed E-state index contributed by atoms with van der Waals surface area (Å²) >= 11 is 0. The molecular weight excluding hydrogens is 308 g/mol. The maximum Gasteiger partial charge on any atom is 0.116 e. The number of phenols is 1. The molecular formula is C22H30N2O. The Bertz CT molecular complexity index is 731. The van der Waals surface area contributed by atoms with Crippen LogP contribution < -0.4 is 5.32 Å². The summed E-state index contributed by atoms with van der Waals surface area (Å²) in [6, 6.07) is 5.34. The zero-order valence-corrected chi connectivity index (χ0v) is 16.1. The van der Waals surface area contributed by atoms with Gasteiger partial charge in [-0.25, -0.2) is 0 Å². The molecule has 0 atom stereocenters. The summed E-state index contributed by atoms with van der Waals surface area (Å²) in [6.45, 7) is 22.7. The van der Waals surface area contributed by atoms with Gasteiger partial charge in [-0.15, -0.1) is 0 Å². The molecule has 0 saturated heterocycles. The van der Waals surface area contributed by atoms with Gasteiger partial charge in [-0.05, 0) is 43.2 Å². The van der Waals surface area contributed by atoms with Crippen molar-refractivity contribution in [1.29, 1.82) is 0 Å². The summed E-state index contributed by atoms with van der Waals surface area (Å²) in [6.07, 6.45) is 3.83. The fraction of sp³-hybridized carbons (Fsp3) is 0.318. The van der Waals surface area contributed by atoms with E-state index in [0.717, 1.165) is 33.7 Å². The second-order valence-corrected chi connectivity index (χ2v) is 7.20. The van der Waals surface area contributed by atoms with E-state index in [-0.39, 0.29) is 11.2 Å². The van der Waals surface area contributed by atoms with Crippen LogP contribution in [0.3, 0.4) is 0 Å². The third kappa shape index (κ3) is 6.46. The van der Waals surface area contributed by atoms with Gasteiger partial charge in [-0.3, -0.25) is 4.99 Å². The van der Waals surface area contributed by atoms with Crippen LogP contribution in [0.1, 0.15) is 45.7 Å². The molecule has 1 aromatic carbocycles. The fourth-order valence-electron chi connectivity index (χ4n) is 1.92. The number of nitrogens with one attached hydrogen (secondary N) is 1. The van der Waals surface area contributed by atoms with Crippen LogP contribution in [0.2, 0.25) is 0 Å². The van der Waals surface area contributed by atoms with Crippen LogP contribution in [0.5, 0.6) is 5.75 Å². The first kappa shape index (κ1) is 20.5. The summed E-state index contributed by atoms with van der Waals surface area (Å²) in [5.41, 5.74) is 5.19. The van der Waals surface area contributed by atoms with Gasteiger partial charge in [-0.1, -0.05) is 52.2 Å². The molecule has 0 heterocycles. The van der Waals surface area contributed by atoms with Gasteiger partial charge in [-0.2, -0.15) is 0 Å². The average molecular weight is 338 g/mol. The minimum absolute atomic E-state index is 0.0487. The first-order chi connectivity index (χ1) is 11.5. The Balaban J connectivity index is 2.80. The Labute approximate surface area is 152 Å². The standard InChI is InChI=1S/C22H30N2O/c1-9-18(14-24-17(5)22(6,7)8)13-23-16(4)20-10-19(15(2)3)11-21(25)12-20/h9-12,14,23,25H,2,4-5,13H2,1,3,6-8H3/b18-9-,24-14-. The molecule has 0 unspecified atom stereocenters. The van der Waals surface area contributed by atoms with Crippen molar-refractivity contribution < 1.29 is 5.11 Å². The molecule has 1 aromatic rings. The zero-order chi connectivity index (χ0) is 19.2. The average Bonchev–Trinajstić information content (AvgIpc) is 2.52. The highest BCUT2D eigenvalue weighted by Gasteiger charge is 2.13. The molecule has 0 saturated carbocycles. The summed E-state index contributed by atoms with van der Waals surface area (Å²) in [4.78, 5) is 4.46. The second-order valence-electron chi connectivity index (χ2n) is 7.20. The monoisotopic (exact) mass is 338 g/mol. The van der Waals surface area contributed by atoms with Crippen LogP contribution in [0.15, 0.2) is 60.3 Å². The van der Waals surface area contributed by atoms with Crippen molar-refractivity contribution in [3.05, 3.63) is 66.4 Å². The van der Waals surface area contributed by atoms with Crippen molar-refractivity contribution in [1.82, 2.24) is 5.32 Å². The highest BCUT2D eigenvalue weighted by Crippen LogP contribution is 2.25. The van der Waals surface area contributed by atoms with Gasteiger partial charge in [0.05, 0.1) is 0 Å². The number of aromatic hydroxyl groups is 1. The molecule has 3 heteroatoms. The van der Waals surface area contributed by atoms with E-state index in [1.54, 1.807) is 12.1 Å². The van der Waals surface area contributed by atoms with E-state index in [4.69, 9.17) is 0 Å². The molecule has 0 spiro atoms. The molecule has 0 aliphatic heterocycles. The van der Waals surface area contributed by atoms with Gasteiger partial charge in [0.2, 0.25) is 0 Å². The molecule has 0 radical (unpaired) electrons. The summed E-state index contributed by atoms with van der Waals surface area (Å²) in [5.74, 6) is 0.202. The largest absolute Gasteiger partial charge is 0.508 e. The fourth-order valence-corrected chi connectivity index (χ4v) is 1.92. The molecule has 25 heavy (non-hydrogen) atoms. The predicted octanol–water partition coefficient (Wildman–Crippen LogP) is 5.56. The van der Waals surface area contributed by atoms with Gasteiger partial charge in [0.15, 0.2) is 0 Å². The first-order valence-electron chi connectivity index (χ1n) is 8.36. The number of phenolic OH excluding ortho intramolecular Hbond substituents is 1. The minimum Gasteiger partial charge on any atom is -0.508 e. The molecule has 134 valence electrons. The number of aliphatic imine (C=N–C) groups is 1. The molecule has 0 fully saturated rings. The smallest absolute Gasteiger partial charge is 0.116 e. The molecule has 0 amide bonds. The van der Waals surface area contributed by atoms with Gasteiger partial charge in [0.25, 0.3) is 0 Å². The third-order valence-electron chi connectivity index (χ3n) is 3.89. The Morgan fingerprint density at radius 2 is 1.76 bits per heavy atom. The number of nitrogens with zero attached hydrogens (tertiary/aromatic N) is 1. The van der Waals surface area contributed by atoms with Gasteiger partial charge < -0.3 is 10.4 Å². The lowest BCUT2D eigenvalue weighted by Crippen LogP contribution is -2.16. The van der Waals surface area contributed by atoms with Crippen LogP contribution in [-0.4, -0.2) is 17.9 Å². The molecule has 0 aliphatic carbocycles. The van der Waals surface area contributed by atoms with E-state index in [0.29, 0.717) is 6.54 Å². The van der Waals surface area contributed by atoms with Crippen molar-refractivity contribution in [3.8, 4) is 5.75 Å². The molecule has 0 bridgehead atoms. The highest BCUT2D eigenvalue weighted by molar-refractivity contribution is 5.80. The topological polar surface area (TPSA) is 44.6 Å². The van der Waals surface area contributed by atoms with E-state index in [1.807, 2.05) is 32.2 Å². The SMILES string of the molecule is C=C(C)c1cc(O)cc(C(=C)NCC(/C=N\C(=C)C(C)(C)C)=C/C)c1. The zero-order valence-electron chi connectivity index (χ0n) is 16.1.